The van der Waals surface area contributed by atoms with Crippen molar-refractivity contribution in [1.29, 1.82) is 0 Å². The molecular formula is C10H10FIN2O. The standard InChI is InChI=1S/C10H10FIN2O/c11-6-3-8(13)9(4-7(6)12)14-10(15)5-1-2-5/h3-5H,1-2,13H2,(H,14,15). The number of halogens is 2. The number of nitrogen functional groups attached to an aromatic ring is 1. The van der Waals surface area contributed by atoms with E-state index in [1.807, 2.05) is 22.6 Å². The Kier molecular flexibility index (Phi) is 2.81. The molecular weight excluding hydrogens is 310 g/mol. The van der Waals surface area contributed by atoms with Gasteiger partial charge in [0.15, 0.2) is 0 Å². The first kappa shape index (κ1) is 10.7. The fourth-order valence-corrected chi connectivity index (χ4v) is 1.72. The zero-order chi connectivity index (χ0) is 11.0. The Balaban J connectivity index is 2.20. The summed E-state index contributed by atoms with van der Waals surface area (Å²) < 4.78 is 13.5. The number of anilines is 2. The quantitative estimate of drug-likeness (QED) is 0.649. The van der Waals surface area contributed by atoms with Gasteiger partial charge in [-0.3, -0.25) is 4.79 Å². The molecule has 5 heteroatoms. The van der Waals surface area contributed by atoms with Crippen LogP contribution in [0.5, 0.6) is 0 Å². The topological polar surface area (TPSA) is 55.1 Å². The number of carbonyl (C=O) groups excluding carboxylic acids is 1. The lowest BCUT2D eigenvalue weighted by Crippen LogP contribution is -2.14. The van der Waals surface area contributed by atoms with Crippen molar-refractivity contribution in [3.63, 3.8) is 0 Å². The number of nitrogens with one attached hydrogen (secondary N) is 1. The molecule has 15 heavy (non-hydrogen) atoms. The largest absolute Gasteiger partial charge is 0.397 e. The van der Waals surface area contributed by atoms with E-state index in [0.717, 1.165) is 12.8 Å². The van der Waals surface area contributed by atoms with Gasteiger partial charge in [-0.1, -0.05) is 0 Å². The van der Waals surface area contributed by atoms with Crippen LogP contribution in [0.4, 0.5) is 15.8 Å². The molecule has 1 amide bonds. The Labute approximate surface area is 100 Å². The number of rotatable bonds is 2. The summed E-state index contributed by atoms with van der Waals surface area (Å²) in [6.45, 7) is 0. The van der Waals surface area contributed by atoms with E-state index >= 15 is 0 Å². The predicted octanol–water partition coefficient (Wildman–Crippen LogP) is 2.36. The first-order valence-electron chi connectivity index (χ1n) is 4.63. The molecule has 0 aliphatic heterocycles. The molecule has 0 unspecified atom stereocenters. The maximum Gasteiger partial charge on any atom is 0.227 e. The molecule has 1 aliphatic rings. The lowest BCUT2D eigenvalue weighted by atomic mass is 10.2. The molecule has 1 saturated carbocycles. The molecule has 1 fully saturated rings. The van der Waals surface area contributed by atoms with Crippen LogP contribution in [-0.2, 0) is 4.79 Å². The van der Waals surface area contributed by atoms with E-state index in [0.29, 0.717) is 9.26 Å². The fraction of sp³-hybridized carbons (Fsp3) is 0.300. The third-order valence-corrected chi connectivity index (χ3v) is 3.13. The van der Waals surface area contributed by atoms with Crippen LogP contribution in [-0.4, -0.2) is 5.91 Å². The van der Waals surface area contributed by atoms with Gasteiger partial charge in [0.2, 0.25) is 5.91 Å². The molecule has 0 saturated heterocycles. The monoisotopic (exact) mass is 320 g/mol. The number of amides is 1. The van der Waals surface area contributed by atoms with Crippen molar-refractivity contribution in [1.82, 2.24) is 0 Å². The van der Waals surface area contributed by atoms with Gasteiger partial charge in [-0.25, -0.2) is 4.39 Å². The number of hydrogen-bond acceptors (Lipinski definition) is 2. The van der Waals surface area contributed by atoms with Gasteiger partial charge in [0.25, 0.3) is 0 Å². The van der Waals surface area contributed by atoms with E-state index in [-0.39, 0.29) is 23.3 Å². The minimum absolute atomic E-state index is 0.0240. The molecule has 1 aliphatic carbocycles. The van der Waals surface area contributed by atoms with Gasteiger partial charge >= 0.3 is 0 Å². The Hall–Kier alpha value is -0.850. The maximum atomic E-state index is 13.1. The minimum Gasteiger partial charge on any atom is -0.397 e. The molecule has 3 N–H and O–H groups in total. The van der Waals surface area contributed by atoms with Crippen LogP contribution >= 0.6 is 22.6 Å². The Morgan fingerprint density at radius 2 is 2.20 bits per heavy atom. The first-order chi connectivity index (χ1) is 7.08. The zero-order valence-electron chi connectivity index (χ0n) is 7.89. The molecule has 0 radical (unpaired) electrons. The Morgan fingerprint density at radius 3 is 2.80 bits per heavy atom. The van der Waals surface area contributed by atoms with Crippen molar-refractivity contribution < 1.29 is 9.18 Å². The van der Waals surface area contributed by atoms with Crippen LogP contribution in [0, 0.1) is 15.3 Å². The minimum atomic E-state index is -0.363. The van der Waals surface area contributed by atoms with Gasteiger partial charge in [-0.2, -0.15) is 0 Å². The average Bonchev–Trinajstić information content (AvgIpc) is 2.97. The number of benzene rings is 1. The number of nitrogens with two attached hydrogens (primary N) is 1. The highest BCUT2D eigenvalue weighted by atomic mass is 127. The highest BCUT2D eigenvalue weighted by Gasteiger charge is 2.29. The maximum absolute atomic E-state index is 13.1. The lowest BCUT2D eigenvalue weighted by molar-refractivity contribution is -0.117. The predicted molar refractivity (Wildman–Crippen MR) is 64.9 cm³/mol. The third kappa shape index (κ3) is 2.39. The number of hydrogen-bond donors (Lipinski definition) is 2. The van der Waals surface area contributed by atoms with Crippen LogP contribution in [0.25, 0.3) is 0 Å². The van der Waals surface area contributed by atoms with E-state index in [1.54, 1.807) is 6.07 Å². The Morgan fingerprint density at radius 1 is 1.53 bits per heavy atom. The summed E-state index contributed by atoms with van der Waals surface area (Å²) in [5.41, 5.74) is 6.36. The van der Waals surface area contributed by atoms with Gasteiger partial charge in [0.1, 0.15) is 5.82 Å². The molecule has 0 heterocycles. The van der Waals surface area contributed by atoms with Gasteiger partial charge in [0, 0.05) is 5.92 Å². The Bertz CT molecular complexity index is 418. The molecule has 1 aromatic carbocycles. The molecule has 0 aromatic heterocycles. The first-order valence-corrected chi connectivity index (χ1v) is 5.71. The second kappa shape index (κ2) is 3.96. The van der Waals surface area contributed by atoms with Crippen LogP contribution in [0.15, 0.2) is 12.1 Å². The smallest absolute Gasteiger partial charge is 0.227 e. The van der Waals surface area contributed by atoms with Crippen molar-refractivity contribution in [3.8, 4) is 0 Å². The van der Waals surface area contributed by atoms with E-state index in [9.17, 15) is 9.18 Å². The van der Waals surface area contributed by atoms with Crippen molar-refractivity contribution >= 4 is 39.9 Å². The van der Waals surface area contributed by atoms with Crippen LogP contribution in [0.1, 0.15) is 12.8 Å². The van der Waals surface area contributed by atoms with Gasteiger partial charge in [-0.05, 0) is 47.6 Å². The summed E-state index contributed by atoms with van der Waals surface area (Å²) in [4.78, 5) is 11.5. The molecule has 0 atom stereocenters. The van der Waals surface area contributed by atoms with E-state index in [2.05, 4.69) is 5.32 Å². The molecule has 3 nitrogen and oxygen atoms in total. The molecule has 0 spiro atoms. The molecule has 2 rings (SSSR count). The second-order valence-corrected chi connectivity index (χ2v) is 4.78. The summed E-state index contributed by atoms with van der Waals surface area (Å²) in [5, 5.41) is 2.70. The van der Waals surface area contributed by atoms with Crippen LogP contribution in [0.2, 0.25) is 0 Å². The highest BCUT2D eigenvalue weighted by Crippen LogP contribution is 2.31. The lowest BCUT2D eigenvalue weighted by Gasteiger charge is -2.08. The van der Waals surface area contributed by atoms with Crippen molar-refractivity contribution in [2.75, 3.05) is 11.1 Å². The summed E-state index contributed by atoms with van der Waals surface area (Å²) in [6, 6.07) is 2.77. The number of carbonyl (C=O) groups is 1. The van der Waals surface area contributed by atoms with Gasteiger partial charge in [0.05, 0.1) is 14.9 Å². The van der Waals surface area contributed by atoms with Gasteiger partial charge in [-0.15, -0.1) is 0 Å². The summed E-state index contributed by atoms with van der Waals surface area (Å²) in [7, 11) is 0. The van der Waals surface area contributed by atoms with Crippen molar-refractivity contribution in [3.05, 3.63) is 21.5 Å². The van der Waals surface area contributed by atoms with Crippen LogP contribution < -0.4 is 11.1 Å². The summed E-state index contributed by atoms with van der Waals surface area (Å²) in [5.74, 6) is -0.270. The van der Waals surface area contributed by atoms with E-state index < -0.39 is 0 Å². The van der Waals surface area contributed by atoms with E-state index in [4.69, 9.17) is 5.73 Å². The van der Waals surface area contributed by atoms with Crippen molar-refractivity contribution in [2.24, 2.45) is 5.92 Å². The van der Waals surface area contributed by atoms with E-state index in [1.165, 1.54) is 6.07 Å². The molecule has 1 aromatic rings. The fourth-order valence-electron chi connectivity index (χ4n) is 1.25. The summed E-state index contributed by atoms with van der Waals surface area (Å²) >= 11 is 1.86. The third-order valence-electron chi connectivity index (χ3n) is 2.30. The SMILES string of the molecule is Nc1cc(F)c(I)cc1NC(=O)C1CC1. The van der Waals surface area contributed by atoms with Gasteiger partial charge < -0.3 is 11.1 Å². The highest BCUT2D eigenvalue weighted by molar-refractivity contribution is 14.1. The normalized spacial score (nSPS) is 15.1. The van der Waals surface area contributed by atoms with Crippen LogP contribution in [0.3, 0.4) is 0 Å². The summed E-state index contributed by atoms with van der Waals surface area (Å²) in [6.07, 6.45) is 1.87. The van der Waals surface area contributed by atoms with Crippen molar-refractivity contribution in [2.45, 2.75) is 12.8 Å². The molecule has 80 valence electrons. The second-order valence-electron chi connectivity index (χ2n) is 3.62. The molecule has 0 bridgehead atoms. The average molecular weight is 320 g/mol. The zero-order valence-corrected chi connectivity index (χ0v) is 10.0.